The molecule has 7 aromatic rings. The number of para-hydroxylation sites is 3. The fourth-order valence-corrected chi connectivity index (χ4v) is 8.70. The first-order chi connectivity index (χ1) is 22.4. The average Bonchev–Trinajstić information content (AvgIpc) is 3.65. The van der Waals surface area contributed by atoms with E-state index >= 15 is 0 Å². The van der Waals surface area contributed by atoms with Crippen molar-refractivity contribution in [3.8, 4) is 16.9 Å². The number of pyridine rings is 1. The minimum Gasteiger partial charge on any atom is -0.319 e. The molecule has 0 aliphatic carbocycles. The van der Waals surface area contributed by atoms with Crippen LogP contribution in [-0.2, 0) is 21.1 Å². The SMILES string of the molecule is CC(C)N1[OH+]N(c2[c-]c([Si](C)(C)c3[c-]c4c(cc3)c3ccccc3n4-c3cc(-c4ccccc4)ccn3)ccc2)c2ccccc21.[Pt]. The molecular weight excluding hydrogens is 776 g/mol. The van der Waals surface area contributed by atoms with E-state index in [4.69, 9.17) is 9.92 Å². The monoisotopic (exact) mass is 810 g/mol. The molecule has 0 amide bonds. The molecule has 1 aliphatic heterocycles. The third-order valence-corrected chi connectivity index (χ3v) is 12.3. The summed E-state index contributed by atoms with van der Waals surface area (Å²) in [5.41, 5.74) is 7.62. The van der Waals surface area contributed by atoms with Gasteiger partial charge in [0.15, 0.2) is 0 Å². The molecule has 1 N–H and O–H groups in total. The van der Waals surface area contributed by atoms with Crippen LogP contribution in [0.15, 0.2) is 128 Å². The van der Waals surface area contributed by atoms with Crippen LogP contribution in [0.1, 0.15) is 13.8 Å². The number of rotatable bonds is 6. The summed E-state index contributed by atoms with van der Waals surface area (Å²) >= 11 is 0. The van der Waals surface area contributed by atoms with Crippen LogP contribution in [0, 0.1) is 12.1 Å². The van der Waals surface area contributed by atoms with Crippen molar-refractivity contribution in [3.63, 3.8) is 0 Å². The summed E-state index contributed by atoms with van der Waals surface area (Å²) in [6, 6.07) is 50.7. The van der Waals surface area contributed by atoms with Crippen molar-refractivity contribution in [3.05, 3.63) is 140 Å². The standard InChI is InChI=1S/C40H34N4OSi.Pt/c1-28(2)43-37-19-10-11-20-38(37)44(45-43)31-15-12-16-32(26-31)46(3,4)33-21-22-35-34-17-8-9-18-36(34)42(39(35)27-33)40-25-30(23-24-41-40)29-13-6-5-7-14-29;/h5-25,28H,1-4H3;/q-2;/p+1. The van der Waals surface area contributed by atoms with E-state index in [1.807, 2.05) is 17.3 Å². The van der Waals surface area contributed by atoms with Crippen molar-refractivity contribution in [2.45, 2.75) is 33.0 Å². The van der Waals surface area contributed by atoms with E-state index in [0.717, 1.165) is 39.5 Å². The first-order valence-corrected chi connectivity index (χ1v) is 18.8. The van der Waals surface area contributed by atoms with Crippen LogP contribution < -0.4 is 20.5 Å². The predicted octanol–water partition coefficient (Wildman–Crippen LogP) is 8.47. The van der Waals surface area contributed by atoms with Gasteiger partial charge in [0.05, 0.1) is 14.1 Å². The largest absolute Gasteiger partial charge is 0.319 e. The van der Waals surface area contributed by atoms with E-state index < -0.39 is 8.07 Å². The van der Waals surface area contributed by atoms with E-state index in [2.05, 4.69) is 164 Å². The molecule has 1 aliphatic rings. The number of hydrogen-bond acceptors (Lipinski definition) is 3. The van der Waals surface area contributed by atoms with Crippen molar-refractivity contribution in [1.29, 1.82) is 0 Å². The summed E-state index contributed by atoms with van der Waals surface area (Å²) in [7, 11) is -2.25. The second-order valence-corrected chi connectivity index (χ2v) is 17.0. The molecule has 2 aromatic heterocycles. The third-order valence-electron chi connectivity index (χ3n) is 9.05. The topological polar surface area (TPSA) is 37.1 Å². The number of benzene rings is 5. The minimum atomic E-state index is -2.25. The molecular formula is C40H35N4OPtSi-. The van der Waals surface area contributed by atoms with Gasteiger partial charge in [-0.2, -0.15) is 51.7 Å². The van der Waals surface area contributed by atoms with Gasteiger partial charge in [-0.25, -0.2) is 4.98 Å². The van der Waals surface area contributed by atoms with Gasteiger partial charge < -0.3 is 4.57 Å². The van der Waals surface area contributed by atoms with Crippen molar-refractivity contribution >= 4 is 57.3 Å². The molecule has 5 aromatic carbocycles. The maximum absolute atomic E-state index is 4.99. The minimum absolute atomic E-state index is 0. The molecule has 0 bridgehead atoms. The first kappa shape index (κ1) is 31.1. The van der Waals surface area contributed by atoms with Crippen LogP contribution in [0.3, 0.4) is 0 Å². The molecule has 8 rings (SSSR count). The van der Waals surface area contributed by atoms with E-state index in [0.29, 0.717) is 0 Å². The van der Waals surface area contributed by atoms with Gasteiger partial charge in [0.1, 0.15) is 17.2 Å². The molecule has 0 fully saturated rings. The van der Waals surface area contributed by atoms with Gasteiger partial charge in [0.2, 0.25) is 0 Å². The molecule has 0 atom stereocenters. The van der Waals surface area contributed by atoms with Gasteiger partial charge in [-0.1, -0.05) is 79.3 Å². The van der Waals surface area contributed by atoms with Crippen molar-refractivity contribution in [1.82, 2.24) is 9.55 Å². The number of fused-ring (bicyclic) bond motifs is 4. The Morgan fingerprint density at radius 1 is 0.681 bits per heavy atom. The Morgan fingerprint density at radius 2 is 1.40 bits per heavy atom. The Labute approximate surface area is 291 Å². The molecule has 236 valence electrons. The van der Waals surface area contributed by atoms with Crippen LogP contribution in [0.25, 0.3) is 38.8 Å². The van der Waals surface area contributed by atoms with Gasteiger partial charge in [0.25, 0.3) is 0 Å². The smallest absolute Gasteiger partial charge is 0.145 e. The normalized spacial score (nSPS) is 13.0. The molecule has 0 radical (unpaired) electrons. The van der Waals surface area contributed by atoms with Crippen molar-refractivity contribution in [2.24, 2.45) is 0 Å². The van der Waals surface area contributed by atoms with Gasteiger partial charge in [-0.05, 0) is 60.7 Å². The predicted molar refractivity (Wildman–Crippen MR) is 193 cm³/mol. The zero-order chi connectivity index (χ0) is 31.4. The Bertz CT molecular complexity index is 2230. The third kappa shape index (κ3) is 5.31. The molecule has 0 saturated heterocycles. The number of hydroxylamine groups is 1. The average molecular weight is 811 g/mol. The van der Waals surface area contributed by atoms with Crippen LogP contribution in [0.2, 0.25) is 13.1 Å². The zero-order valence-electron chi connectivity index (χ0n) is 26.8. The first-order valence-electron chi connectivity index (χ1n) is 15.8. The Hall–Kier alpha value is -4.48. The van der Waals surface area contributed by atoms with Crippen LogP contribution in [0.5, 0.6) is 0 Å². The molecule has 0 spiro atoms. The number of aromatic nitrogens is 2. The van der Waals surface area contributed by atoms with Gasteiger partial charge in [-0.3, -0.25) is 0 Å². The second kappa shape index (κ2) is 12.3. The summed E-state index contributed by atoms with van der Waals surface area (Å²) < 4.78 is 2.27. The Morgan fingerprint density at radius 3 is 2.21 bits per heavy atom. The Kier molecular flexibility index (Phi) is 8.13. The van der Waals surface area contributed by atoms with E-state index in [1.54, 1.807) is 0 Å². The summed E-state index contributed by atoms with van der Waals surface area (Å²) in [6.07, 6.45) is 1.91. The quantitative estimate of drug-likeness (QED) is 0.0962. The number of nitrogens with zero attached hydrogens (tertiary/aromatic N) is 4. The fraction of sp³-hybridized carbons (Fsp3) is 0.125. The molecule has 0 saturated carbocycles. The number of anilines is 3. The second-order valence-electron chi connectivity index (χ2n) is 12.7. The molecule has 3 heterocycles. The van der Waals surface area contributed by atoms with E-state index in [-0.39, 0.29) is 27.1 Å². The maximum Gasteiger partial charge on any atom is 0.145 e. The summed E-state index contributed by atoms with van der Waals surface area (Å²) in [5, 5.41) is 8.92. The summed E-state index contributed by atoms with van der Waals surface area (Å²) in [6.45, 7) is 9.10. The van der Waals surface area contributed by atoms with Crippen LogP contribution in [0.4, 0.5) is 17.1 Å². The van der Waals surface area contributed by atoms with Gasteiger partial charge in [-0.15, -0.1) is 21.6 Å². The fourth-order valence-electron chi connectivity index (χ4n) is 6.53. The van der Waals surface area contributed by atoms with E-state index in [9.17, 15) is 0 Å². The van der Waals surface area contributed by atoms with E-state index in [1.165, 1.54) is 26.7 Å². The van der Waals surface area contributed by atoms with Crippen LogP contribution in [-0.4, -0.2) is 28.6 Å². The molecule has 5 nitrogen and oxygen atoms in total. The zero-order valence-corrected chi connectivity index (χ0v) is 30.0. The molecule has 7 heteroatoms. The van der Waals surface area contributed by atoms with Gasteiger partial charge >= 0.3 is 0 Å². The van der Waals surface area contributed by atoms with Crippen molar-refractivity contribution in [2.75, 3.05) is 10.1 Å². The Balaban J connectivity index is 0.00000351. The number of hydrogen-bond donors (Lipinski definition) is 0. The molecule has 0 unspecified atom stereocenters. The summed E-state index contributed by atoms with van der Waals surface area (Å²) in [5.74, 6) is 0.887. The van der Waals surface area contributed by atoms with Crippen molar-refractivity contribution < 1.29 is 26.0 Å². The molecule has 47 heavy (non-hydrogen) atoms. The summed E-state index contributed by atoms with van der Waals surface area (Å²) in [4.78, 5) is 9.87. The van der Waals surface area contributed by atoms with Crippen LogP contribution >= 0.6 is 0 Å². The maximum atomic E-state index is 4.99. The van der Waals surface area contributed by atoms with Gasteiger partial charge in [0, 0.05) is 38.5 Å².